The van der Waals surface area contributed by atoms with Crippen LogP contribution in [0.2, 0.25) is 0 Å². The molecule has 1 aromatic carbocycles. The van der Waals surface area contributed by atoms with Crippen LogP contribution in [0, 0.1) is 0 Å². The zero-order chi connectivity index (χ0) is 14.5. The molecular formula is C12H17ClNO4P. The van der Waals surface area contributed by atoms with E-state index in [-0.39, 0.29) is 6.10 Å². The van der Waals surface area contributed by atoms with Gasteiger partial charge in [-0.05, 0) is 32.9 Å². The first kappa shape index (κ1) is 16.0. The van der Waals surface area contributed by atoms with Crippen molar-refractivity contribution in [1.29, 1.82) is 0 Å². The highest BCUT2D eigenvalue weighted by atomic mass is 35.7. The van der Waals surface area contributed by atoms with Gasteiger partial charge in [0.25, 0.3) is 0 Å². The number of ether oxygens (including phenoxy) is 1. The maximum Gasteiger partial charge on any atom is 0.409 e. The number of hydrogen-bond acceptors (Lipinski definition) is 4. The molecule has 0 aromatic heterocycles. The zero-order valence-electron chi connectivity index (χ0n) is 11.0. The summed E-state index contributed by atoms with van der Waals surface area (Å²) >= 11 is 5.76. The molecule has 0 aliphatic carbocycles. The van der Waals surface area contributed by atoms with Crippen LogP contribution in [0.25, 0.3) is 0 Å². The minimum atomic E-state index is -3.65. The smallest absolute Gasteiger partial charge is 0.409 e. The molecule has 0 radical (unpaired) electrons. The molecule has 0 saturated carbocycles. The van der Waals surface area contributed by atoms with Crippen LogP contribution in [0.3, 0.4) is 0 Å². The van der Waals surface area contributed by atoms with Gasteiger partial charge in [0.05, 0.1) is 6.10 Å². The Labute approximate surface area is 117 Å². The third kappa shape index (κ3) is 6.10. The number of carbonyl (C=O) groups excluding carboxylic acids is 1. The number of rotatable bonds is 6. The van der Waals surface area contributed by atoms with Gasteiger partial charge in [-0.1, -0.05) is 18.2 Å². The van der Waals surface area contributed by atoms with Gasteiger partial charge in [0, 0.05) is 11.2 Å². The van der Waals surface area contributed by atoms with Crippen LogP contribution in [0.1, 0.15) is 20.8 Å². The summed E-state index contributed by atoms with van der Waals surface area (Å²) in [5.74, 6) is -0.176. The fourth-order valence-electron chi connectivity index (χ4n) is 1.26. The first-order valence-corrected chi connectivity index (χ1v) is 8.36. The van der Waals surface area contributed by atoms with Crippen LogP contribution in [-0.2, 0) is 14.1 Å². The molecule has 5 nitrogen and oxygen atoms in total. The van der Waals surface area contributed by atoms with Crippen LogP contribution in [0.4, 0.5) is 0 Å². The van der Waals surface area contributed by atoms with E-state index < -0.39 is 18.9 Å². The molecular weight excluding hydrogens is 289 g/mol. The van der Waals surface area contributed by atoms with Gasteiger partial charge in [-0.25, -0.2) is 9.65 Å². The summed E-state index contributed by atoms with van der Waals surface area (Å²) in [4.78, 5) is 11.6. The number of benzene rings is 1. The highest BCUT2D eigenvalue weighted by Gasteiger charge is 2.28. The Balaban J connectivity index is 2.59. The van der Waals surface area contributed by atoms with Gasteiger partial charge < -0.3 is 9.26 Å². The van der Waals surface area contributed by atoms with Crippen molar-refractivity contribution in [2.75, 3.05) is 0 Å². The van der Waals surface area contributed by atoms with Gasteiger partial charge in [0.15, 0.2) is 0 Å². The molecule has 0 amide bonds. The van der Waals surface area contributed by atoms with E-state index in [1.165, 1.54) is 6.92 Å². The van der Waals surface area contributed by atoms with Gasteiger partial charge in [-0.2, -0.15) is 0 Å². The van der Waals surface area contributed by atoms with E-state index in [2.05, 4.69) is 5.09 Å². The molecule has 0 heterocycles. The monoisotopic (exact) mass is 305 g/mol. The number of nitrogens with one attached hydrogen (secondary N) is 1. The van der Waals surface area contributed by atoms with E-state index in [0.717, 1.165) is 0 Å². The Morgan fingerprint density at radius 3 is 2.37 bits per heavy atom. The van der Waals surface area contributed by atoms with Crippen molar-refractivity contribution >= 4 is 24.1 Å². The lowest BCUT2D eigenvalue weighted by Gasteiger charge is -2.19. The second-order valence-electron chi connectivity index (χ2n) is 4.22. The first-order chi connectivity index (χ1) is 8.80. The lowest BCUT2D eigenvalue weighted by atomic mass is 10.3. The van der Waals surface area contributed by atoms with Crippen LogP contribution < -0.4 is 9.61 Å². The maximum atomic E-state index is 12.0. The van der Waals surface area contributed by atoms with Gasteiger partial charge >= 0.3 is 12.8 Å². The Hall–Kier alpha value is -1.03. The van der Waals surface area contributed by atoms with Gasteiger partial charge in [0.2, 0.25) is 0 Å². The molecule has 0 saturated heterocycles. The SMILES string of the molecule is CC(C)OC(=O)[C@@H](C)NP(=O)(Cl)Oc1ccccc1. The molecule has 1 unspecified atom stereocenters. The molecule has 7 heteroatoms. The van der Waals surface area contributed by atoms with E-state index in [9.17, 15) is 9.36 Å². The summed E-state index contributed by atoms with van der Waals surface area (Å²) in [6.07, 6.45) is -0.249. The lowest BCUT2D eigenvalue weighted by molar-refractivity contribution is -0.148. The Morgan fingerprint density at radius 2 is 1.84 bits per heavy atom. The molecule has 2 atom stereocenters. The zero-order valence-corrected chi connectivity index (χ0v) is 12.6. The quantitative estimate of drug-likeness (QED) is 0.645. The number of carbonyl (C=O) groups is 1. The summed E-state index contributed by atoms with van der Waals surface area (Å²) in [6.45, 7) is 1.32. The minimum Gasteiger partial charge on any atom is -0.462 e. The standard InChI is InChI=1S/C12H17ClNO4P/c1-9(2)17-12(15)10(3)14-19(13,16)18-11-7-5-4-6-8-11/h4-10H,1-3H3,(H,14,16)/t10-,19?/m1/s1. The molecule has 0 spiro atoms. The largest absolute Gasteiger partial charge is 0.462 e. The van der Waals surface area contributed by atoms with Crippen LogP contribution in [0.15, 0.2) is 30.3 Å². The van der Waals surface area contributed by atoms with Crippen molar-refractivity contribution in [1.82, 2.24) is 5.09 Å². The molecule has 0 bridgehead atoms. The Kier molecular flexibility index (Phi) is 5.85. The number of hydrogen-bond donors (Lipinski definition) is 1. The molecule has 1 N–H and O–H groups in total. The first-order valence-electron chi connectivity index (χ1n) is 5.83. The highest BCUT2D eigenvalue weighted by Crippen LogP contribution is 2.48. The maximum absolute atomic E-state index is 12.0. The third-order valence-electron chi connectivity index (χ3n) is 2.02. The van der Waals surface area contributed by atoms with Crippen LogP contribution in [0.5, 0.6) is 5.75 Å². The summed E-state index contributed by atoms with van der Waals surface area (Å²) < 4.78 is 22.1. The fourth-order valence-corrected chi connectivity index (χ4v) is 2.95. The predicted octanol–water partition coefficient (Wildman–Crippen LogP) is 3.34. The number of esters is 1. The summed E-state index contributed by atoms with van der Waals surface area (Å²) in [6, 6.07) is 7.66. The molecule has 0 aliphatic heterocycles. The van der Waals surface area contributed by atoms with Crippen LogP contribution >= 0.6 is 18.1 Å². The predicted molar refractivity (Wildman–Crippen MR) is 74.4 cm³/mol. The van der Waals surface area contributed by atoms with Crippen molar-refractivity contribution < 1.29 is 18.6 Å². The second-order valence-corrected chi connectivity index (χ2v) is 6.96. The molecule has 19 heavy (non-hydrogen) atoms. The van der Waals surface area contributed by atoms with Gasteiger partial charge in [-0.3, -0.25) is 4.79 Å². The summed E-state index contributed by atoms with van der Waals surface area (Å²) in [5.41, 5.74) is 0. The molecule has 0 fully saturated rings. The van der Waals surface area contributed by atoms with E-state index in [1.54, 1.807) is 44.2 Å². The normalized spacial score (nSPS) is 15.6. The van der Waals surface area contributed by atoms with Crippen molar-refractivity contribution in [2.24, 2.45) is 0 Å². The van der Waals surface area contributed by atoms with E-state index in [0.29, 0.717) is 5.75 Å². The van der Waals surface area contributed by atoms with E-state index >= 15 is 0 Å². The second kappa shape index (κ2) is 6.94. The van der Waals surface area contributed by atoms with Crippen molar-refractivity contribution in [3.63, 3.8) is 0 Å². The Bertz CT molecular complexity index is 466. The lowest BCUT2D eigenvalue weighted by Crippen LogP contribution is -2.34. The van der Waals surface area contributed by atoms with E-state index in [1.807, 2.05) is 0 Å². The van der Waals surface area contributed by atoms with Gasteiger partial charge in [0.1, 0.15) is 11.8 Å². The van der Waals surface area contributed by atoms with Crippen molar-refractivity contribution in [2.45, 2.75) is 32.9 Å². The van der Waals surface area contributed by atoms with Crippen molar-refractivity contribution in [3.05, 3.63) is 30.3 Å². The van der Waals surface area contributed by atoms with Gasteiger partial charge in [-0.15, -0.1) is 0 Å². The third-order valence-corrected chi connectivity index (χ3v) is 3.66. The highest BCUT2D eigenvalue weighted by molar-refractivity contribution is 7.84. The molecule has 1 rings (SSSR count). The number of halogens is 1. The molecule has 0 aliphatic rings. The van der Waals surface area contributed by atoms with Crippen LogP contribution in [-0.4, -0.2) is 18.1 Å². The Morgan fingerprint density at radius 1 is 1.26 bits per heavy atom. The minimum absolute atomic E-state index is 0.249. The van der Waals surface area contributed by atoms with Crippen molar-refractivity contribution in [3.8, 4) is 5.75 Å². The summed E-state index contributed by atoms with van der Waals surface area (Å²) in [5, 5.41) is 2.43. The average Bonchev–Trinajstić information content (AvgIpc) is 2.27. The topological polar surface area (TPSA) is 64.6 Å². The molecule has 106 valence electrons. The van der Waals surface area contributed by atoms with E-state index in [4.69, 9.17) is 20.5 Å². The summed E-state index contributed by atoms with van der Waals surface area (Å²) in [7, 11) is 0. The fraction of sp³-hybridized carbons (Fsp3) is 0.417. The average molecular weight is 306 g/mol. The molecule has 1 aromatic rings. The number of para-hydroxylation sites is 1.